The summed E-state index contributed by atoms with van der Waals surface area (Å²) in [6.45, 7) is 6.03. The van der Waals surface area contributed by atoms with E-state index in [0.29, 0.717) is 0 Å². The zero-order valence-electron chi connectivity index (χ0n) is 14.9. The van der Waals surface area contributed by atoms with Gasteiger partial charge in [-0.15, -0.1) is 6.58 Å². The first-order chi connectivity index (χ1) is 10.4. The number of rotatable bonds is 18. The normalized spacial score (nSPS) is 10.9. The molecule has 0 spiro atoms. The summed E-state index contributed by atoms with van der Waals surface area (Å²) in [5.74, 6) is 0. The van der Waals surface area contributed by atoms with Crippen LogP contribution in [0.2, 0.25) is 0 Å². The van der Waals surface area contributed by atoms with E-state index in [2.05, 4.69) is 19.9 Å². The lowest BCUT2D eigenvalue weighted by molar-refractivity contribution is 0.532. The Morgan fingerprint density at radius 1 is 0.571 bits per heavy atom. The Bertz CT molecular complexity index is 182. The van der Waals surface area contributed by atoms with Gasteiger partial charge in [0.1, 0.15) is 0 Å². The molecule has 0 aliphatic carbocycles. The van der Waals surface area contributed by atoms with Crippen molar-refractivity contribution in [3.8, 4) is 0 Å². The fraction of sp³-hybridized carbons (Fsp3) is 0.857. The van der Waals surface area contributed by atoms with Gasteiger partial charge >= 0.3 is 0 Å². The van der Waals surface area contributed by atoms with E-state index in [9.17, 15) is 0 Å². The van der Waals surface area contributed by atoms with Crippen molar-refractivity contribution in [2.24, 2.45) is 0 Å². The summed E-state index contributed by atoms with van der Waals surface area (Å²) in [5.41, 5.74) is 0. The molecule has 0 heteroatoms. The molecule has 0 aromatic heterocycles. The molecule has 0 bridgehead atoms. The van der Waals surface area contributed by atoms with Crippen LogP contribution >= 0.6 is 0 Å². The Hall–Kier alpha value is -0.260. The molecular weight excluding hydrogens is 252 g/mol. The fourth-order valence-corrected chi connectivity index (χ4v) is 2.90. The van der Waals surface area contributed by atoms with Gasteiger partial charge in [-0.3, -0.25) is 0 Å². The lowest BCUT2D eigenvalue weighted by Crippen LogP contribution is -1.83. The minimum absolute atomic E-state index is 1.08. The van der Waals surface area contributed by atoms with Crippen molar-refractivity contribution < 1.29 is 0 Å². The molecule has 0 aliphatic heterocycles. The zero-order valence-corrected chi connectivity index (χ0v) is 14.9. The Kier molecular flexibility index (Phi) is 19.5. The molecule has 125 valence electrons. The Morgan fingerprint density at radius 3 is 1.33 bits per heavy atom. The molecule has 0 amide bonds. The largest absolute Gasteiger partial charge is 0.103 e. The first-order valence-electron chi connectivity index (χ1n) is 9.84. The van der Waals surface area contributed by atoms with Gasteiger partial charge in [-0.05, 0) is 19.3 Å². The van der Waals surface area contributed by atoms with Gasteiger partial charge in [0.05, 0.1) is 0 Å². The molecule has 0 atom stereocenters. The van der Waals surface area contributed by atoms with Gasteiger partial charge < -0.3 is 0 Å². The lowest BCUT2D eigenvalue weighted by atomic mass is 10.0. The van der Waals surface area contributed by atoms with Crippen LogP contribution in [0.25, 0.3) is 0 Å². The third-order valence-electron chi connectivity index (χ3n) is 4.35. The molecule has 1 radical (unpaired) electrons. The summed E-state index contributed by atoms with van der Waals surface area (Å²) in [4.78, 5) is 0. The third kappa shape index (κ3) is 19.7. The van der Waals surface area contributed by atoms with Gasteiger partial charge in [-0.1, -0.05) is 109 Å². The van der Waals surface area contributed by atoms with E-state index in [0.717, 1.165) is 6.42 Å². The second-order valence-corrected chi connectivity index (χ2v) is 6.55. The molecule has 0 fully saturated rings. The van der Waals surface area contributed by atoms with Crippen LogP contribution in [-0.4, -0.2) is 0 Å². The van der Waals surface area contributed by atoms with Crippen molar-refractivity contribution in [3.05, 3.63) is 19.1 Å². The topological polar surface area (TPSA) is 0 Å². The van der Waals surface area contributed by atoms with Crippen LogP contribution in [-0.2, 0) is 0 Å². The average molecular weight is 294 g/mol. The van der Waals surface area contributed by atoms with Crippen LogP contribution in [0.3, 0.4) is 0 Å². The Balaban J connectivity index is 2.91. The van der Waals surface area contributed by atoms with Crippen LogP contribution in [0, 0.1) is 6.42 Å². The number of unbranched alkanes of at least 4 members (excludes halogenated alkanes) is 17. The highest BCUT2D eigenvalue weighted by Gasteiger charge is 1.94. The van der Waals surface area contributed by atoms with Crippen molar-refractivity contribution in [1.29, 1.82) is 0 Å². The molecule has 0 aromatic carbocycles. The summed E-state index contributed by atoms with van der Waals surface area (Å²) in [6, 6.07) is 0. The van der Waals surface area contributed by atoms with Gasteiger partial charge in [0.15, 0.2) is 0 Å². The molecular formula is C21H41. The maximum atomic E-state index is 3.74. The molecule has 0 aliphatic rings. The molecule has 0 rings (SSSR count). The molecule has 0 nitrogen and oxygen atoms in total. The summed E-state index contributed by atoms with van der Waals surface area (Å²) in [5, 5.41) is 0. The highest BCUT2D eigenvalue weighted by Crippen LogP contribution is 2.14. The maximum Gasteiger partial charge on any atom is -0.0322 e. The quantitative estimate of drug-likeness (QED) is 0.177. The summed E-state index contributed by atoms with van der Waals surface area (Å²) in [7, 11) is 0. The number of allylic oxidation sites excluding steroid dienone is 1. The minimum atomic E-state index is 1.08. The molecule has 0 unspecified atom stereocenters. The summed E-state index contributed by atoms with van der Waals surface area (Å²) in [6.07, 6.45) is 28.5. The third-order valence-corrected chi connectivity index (χ3v) is 4.35. The molecule has 0 aromatic rings. The predicted molar refractivity (Wildman–Crippen MR) is 98.7 cm³/mol. The average Bonchev–Trinajstić information content (AvgIpc) is 2.50. The first kappa shape index (κ1) is 20.7. The fourth-order valence-electron chi connectivity index (χ4n) is 2.90. The highest BCUT2D eigenvalue weighted by molar-refractivity contribution is 4.77. The second kappa shape index (κ2) is 19.7. The van der Waals surface area contributed by atoms with Crippen LogP contribution < -0.4 is 0 Å². The van der Waals surface area contributed by atoms with Crippen LogP contribution in [0.1, 0.15) is 116 Å². The van der Waals surface area contributed by atoms with Crippen LogP contribution in [0.15, 0.2) is 12.7 Å². The van der Waals surface area contributed by atoms with Crippen molar-refractivity contribution in [2.75, 3.05) is 0 Å². The minimum Gasteiger partial charge on any atom is -0.103 e. The monoisotopic (exact) mass is 293 g/mol. The van der Waals surface area contributed by atoms with E-state index >= 15 is 0 Å². The number of hydrogen-bond acceptors (Lipinski definition) is 0. The molecule has 0 saturated heterocycles. The lowest BCUT2D eigenvalue weighted by Gasteiger charge is -2.03. The van der Waals surface area contributed by atoms with Crippen molar-refractivity contribution in [1.82, 2.24) is 0 Å². The molecule has 0 saturated carbocycles. The van der Waals surface area contributed by atoms with E-state index in [1.165, 1.54) is 103 Å². The predicted octanol–water partition coefficient (Wildman–Crippen LogP) is 8.03. The van der Waals surface area contributed by atoms with Gasteiger partial charge in [-0.2, -0.15) is 0 Å². The SMILES string of the molecule is C=CC[CH]CCCCCCCCCCCCCCCCC. The Labute approximate surface area is 135 Å². The standard InChI is InChI=1S/C21H41/c1-3-5-7-9-11-13-15-17-19-21-20-18-16-14-12-10-8-6-4-2/h3,7H,1,4-6,8-21H2,2H3. The highest BCUT2D eigenvalue weighted by atomic mass is 14.0. The number of hydrogen-bond donors (Lipinski definition) is 0. The van der Waals surface area contributed by atoms with E-state index in [1.807, 2.05) is 6.08 Å². The molecule has 0 heterocycles. The van der Waals surface area contributed by atoms with Crippen molar-refractivity contribution in [2.45, 2.75) is 116 Å². The van der Waals surface area contributed by atoms with E-state index < -0.39 is 0 Å². The van der Waals surface area contributed by atoms with Gasteiger partial charge in [0.25, 0.3) is 0 Å². The molecule has 21 heavy (non-hydrogen) atoms. The zero-order chi connectivity index (χ0) is 15.4. The smallest absolute Gasteiger partial charge is 0.0322 e. The molecule has 0 N–H and O–H groups in total. The first-order valence-corrected chi connectivity index (χ1v) is 9.84. The van der Waals surface area contributed by atoms with E-state index in [4.69, 9.17) is 0 Å². The van der Waals surface area contributed by atoms with Crippen LogP contribution in [0.4, 0.5) is 0 Å². The van der Waals surface area contributed by atoms with Crippen molar-refractivity contribution >= 4 is 0 Å². The van der Waals surface area contributed by atoms with Gasteiger partial charge in [-0.25, -0.2) is 0 Å². The van der Waals surface area contributed by atoms with E-state index in [1.54, 1.807) is 0 Å². The summed E-state index contributed by atoms with van der Waals surface area (Å²) >= 11 is 0. The van der Waals surface area contributed by atoms with Crippen molar-refractivity contribution in [3.63, 3.8) is 0 Å². The maximum absolute atomic E-state index is 3.74. The Morgan fingerprint density at radius 2 is 0.952 bits per heavy atom. The van der Waals surface area contributed by atoms with Gasteiger partial charge in [0, 0.05) is 0 Å². The van der Waals surface area contributed by atoms with E-state index in [-0.39, 0.29) is 0 Å². The second-order valence-electron chi connectivity index (χ2n) is 6.55. The van der Waals surface area contributed by atoms with Gasteiger partial charge in [0.2, 0.25) is 0 Å². The summed E-state index contributed by atoms with van der Waals surface area (Å²) < 4.78 is 0. The van der Waals surface area contributed by atoms with Crippen LogP contribution in [0.5, 0.6) is 0 Å².